The molecule has 0 aliphatic rings. The van der Waals surface area contributed by atoms with Crippen LogP contribution < -0.4 is 5.32 Å². The Bertz CT molecular complexity index is 342. The summed E-state index contributed by atoms with van der Waals surface area (Å²) < 4.78 is 17.6. The van der Waals surface area contributed by atoms with E-state index in [1.807, 2.05) is 6.07 Å². The van der Waals surface area contributed by atoms with E-state index in [1.165, 1.54) is 12.1 Å². The SMILES string of the molecule is CCOC(=O)CCNCc1cccc(F)c1. The predicted octanol–water partition coefficient (Wildman–Crippen LogP) is 1.87. The van der Waals surface area contributed by atoms with Crippen LogP contribution in [-0.2, 0) is 16.1 Å². The quantitative estimate of drug-likeness (QED) is 0.593. The van der Waals surface area contributed by atoms with Gasteiger partial charge in [-0.15, -0.1) is 0 Å². The summed E-state index contributed by atoms with van der Waals surface area (Å²) in [6, 6.07) is 6.37. The fourth-order valence-electron chi connectivity index (χ4n) is 1.30. The lowest BCUT2D eigenvalue weighted by Gasteiger charge is -2.04. The second-order valence-electron chi connectivity index (χ2n) is 3.36. The van der Waals surface area contributed by atoms with Crippen molar-refractivity contribution in [1.29, 1.82) is 0 Å². The molecule has 1 aromatic carbocycles. The first-order valence-electron chi connectivity index (χ1n) is 5.33. The van der Waals surface area contributed by atoms with Gasteiger partial charge >= 0.3 is 5.97 Å². The van der Waals surface area contributed by atoms with Crippen molar-refractivity contribution in [3.8, 4) is 0 Å². The van der Waals surface area contributed by atoms with E-state index in [0.29, 0.717) is 26.1 Å². The van der Waals surface area contributed by atoms with E-state index in [1.54, 1.807) is 13.0 Å². The van der Waals surface area contributed by atoms with E-state index in [9.17, 15) is 9.18 Å². The van der Waals surface area contributed by atoms with Crippen molar-refractivity contribution in [2.45, 2.75) is 19.9 Å². The lowest BCUT2D eigenvalue weighted by molar-refractivity contribution is -0.142. The van der Waals surface area contributed by atoms with Gasteiger partial charge in [-0.05, 0) is 24.6 Å². The van der Waals surface area contributed by atoms with Crippen LogP contribution in [0.2, 0.25) is 0 Å². The monoisotopic (exact) mass is 225 g/mol. The molecule has 0 spiro atoms. The highest BCUT2D eigenvalue weighted by molar-refractivity contribution is 5.69. The van der Waals surface area contributed by atoms with Crippen molar-refractivity contribution in [2.75, 3.05) is 13.2 Å². The highest BCUT2D eigenvalue weighted by Gasteiger charge is 2.00. The molecule has 0 radical (unpaired) electrons. The van der Waals surface area contributed by atoms with Gasteiger partial charge in [0, 0.05) is 13.1 Å². The highest BCUT2D eigenvalue weighted by atomic mass is 19.1. The average molecular weight is 225 g/mol. The maximum absolute atomic E-state index is 12.8. The molecule has 3 nitrogen and oxygen atoms in total. The third kappa shape index (κ3) is 4.89. The first-order chi connectivity index (χ1) is 7.72. The number of ether oxygens (including phenoxy) is 1. The van der Waals surface area contributed by atoms with Crippen LogP contribution in [0.5, 0.6) is 0 Å². The van der Waals surface area contributed by atoms with Crippen LogP contribution in [0.4, 0.5) is 4.39 Å². The lowest BCUT2D eigenvalue weighted by Crippen LogP contribution is -2.19. The molecule has 0 aliphatic heterocycles. The van der Waals surface area contributed by atoms with Crippen LogP contribution in [0.1, 0.15) is 18.9 Å². The molecule has 1 rings (SSSR count). The standard InChI is InChI=1S/C12H16FNO2/c1-2-16-12(15)6-7-14-9-10-4-3-5-11(13)8-10/h3-5,8,14H,2,6-7,9H2,1H3. The van der Waals surface area contributed by atoms with Gasteiger partial charge in [-0.1, -0.05) is 12.1 Å². The summed E-state index contributed by atoms with van der Waals surface area (Å²) in [6.45, 7) is 3.27. The summed E-state index contributed by atoms with van der Waals surface area (Å²) in [5.74, 6) is -0.459. The third-order valence-electron chi connectivity index (χ3n) is 2.03. The van der Waals surface area contributed by atoms with Crippen LogP contribution in [0, 0.1) is 5.82 Å². The van der Waals surface area contributed by atoms with Crippen LogP contribution in [0.3, 0.4) is 0 Å². The van der Waals surface area contributed by atoms with Crippen molar-refractivity contribution in [1.82, 2.24) is 5.32 Å². The minimum Gasteiger partial charge on any atom is -0.466 e. The number of rotatable bonds is 6. The fraction of sp³-hybridized carbons (Fsp3) is 0.417. The second-order valence-corrected chi connectivity index (χ2v) is 3.36. The first-order valence-corrected chi connectivity index (χ1v) is 5.33. The van der Waals surface area contributed by atoms with Gasteiger partial charge in [-0.25, -0.2) is 4.39 Å². The Morgan fingerprint density at radius 1 is 1.50 bits per heavy atom. The van der Waals surface area contributed by atoms with E-state index >= 15 is 0 Å². The Labute approximate surface area is 94.6 Å². The number of benzene rings is 1. The second kappa shape index (κ2) is 6.95. The van der Waals surface area contributed by atoms with Crippen molar-refractivity contribution >= 4 is 5.97 Å². The number of hydrogen-bond donors (Lipinski definition) is 1. The van der Waals surface area contributed by atoms with Crippen LogP contribution in [0.25, 0.3) is 0 Å². The molecule has 0 aromatic heterocycles. The van der Waals surface area contributed by atoms with E-state index in [-0.39, 0.29) is 11.8 Å². The van der Waals surface area contributed by atoms with Gasteiger partial charge in [0.15, 0.2) is 0 Å². The van der Waals surface area contributed by atoms with Crippen molar-refractivity contribution in [2.24, 2.45) is 0 Å². The molecular formula is C12H16FNO2. The molecule has 4 heteroatoms. The summed E-state index contributed by atoms with van der Waals surface area (Å²) in [4.78, 5) is 11.0. The summed E-state index contributed by atoms with van der Waals surface area (Å²) in [5.41, 5.74) is 0.865. The van der Waals surface area contributed by atoms with Crippen LogP contribution >= 0.6 is 0 Å². The Morgan fingerprint density at radius 2 is 2.31 bits per heavy atom. The van der Waals surface area contributed by atoms with Crippen LogP contribution in [0.15, 0.2) is 24.3 Å². The van der Waals surface area contributed by atoms with Gasteiger partial charge in [-0.3, -0.25) is 4.79 Å². The number of halogens is 1. The van der Waals surface area contributed by atoms with Crippen molar-refractivity contribution in [3.05, 3.63) is 35.6 Å². The molecule has 0 fully saturated rings. The van der Waals surface area contributed by atoms with E-state index in [0.717, 1.165) is 5.56 Å². The predicted molar refractivity (Wildman–Crippen MR) is 59.4 cm³/mol. The fourth-order valence-corrected chi connectivity index (χ4v) is 1.30. The Morgan fingerprint density at radius 3 is 3.00 bits per heavy atom. The molecule has 88 valence electrons. The summed E-state index contributed by atoms with van der Waals surface area (Å²) in [6.07, 6.45) is 0.336. The van der Waals surface area contributed by atoms with Gasteiger partial charge in [0.05, 0.1) is 13.0 Å². The number of esters is 1. The Balaban J connectivity index is 2.18. The maximum Gasteiger partial charge on any atom is 0.307 e. The third-order valence-corrected chi connectivity index (χ3v) is 2.03. The van der Waals surface area contributed by atoms with Gasteiger partial charge in [0.2, 0.25) is 0 Å². The molecule has 0 aliphatic carbocycles. The minimum absolute atomic E-state index is 0.214. The zero-order chi connectivity index (χ0) is 11.8. The zero-order valence-electron chi connectivity index (χ0n) is 9.33. The molecule has 1 N–H and O–H groups in total. The minimum atomic E-state index is -0.246. The maximum atomic E-state index is 12.8. The van der Waals surface area contributed by atoms with Gasteiger partial charge in [0.1, 0.15) is 5.82 Å². The topological polar surface area (TPSA) is 38.3 Å². The van der Waals surface area contributed by atoms with Gasteiger partial charge in [-0.2, -0.15) is 0 Å². The molecule has 0 saturated carbocycles. The lowest BCUT2D eigenvalue weighted by atomic mass is 10.2. The average Bonchev–Trinajstić information content (AvgIpc) is 2.25. The first kappa shape index (κ1) is 12.6. The van der Waals surface area contributed by atoms with Gasteiger partial charge in [0.25, 0.3) is 0 Å². The van der Waals surface area contributed by atoms with Crippen molar-refractivity contribution < 1.29 is 13.9 Å². The molecule has 0 unspecified atom stereocenters. The molecule has 0 heterocycles. The molecule has 0 atom stereocenters. The van der Waals surface area contributed by atoms with Gasteiger partial charge < -0.3 is 10.1 Å². The van der Waals surface area contributed by atoms with E-state index in [2.05, 4.69) is 5.32 Å². The highest BCUT2D eigenvalue weighted by Crippen LogP contribution is 2.02. The normalized spacial score (nSPS) is 10.1. The molecule has 0 saturated heterocycles. The molecule has 0 bridgehead atoms. The molecule has 16 heavy (non-hydrogen) atoms. The summed E-state index contributed by atoms with van der Waals surface area (Å²) >= 11 is 0. The number of carbonyl (C=O) groups excluding carboxylic acids is 1. The van der Waals surface area contributed by atoms with E-state index < -0.39 is 0 Å². The number of hydrogen-bond acceptors (Lipinski definition) is 3. The molecule has 1 aromatic rings. The van der Waals surface area contributed by atoms with Crippen LogP contribution in [-0.4, -0.2) is 19.1 Å². The summed E-state index contributed by atoms with van der Waals surface area (Å²) in [5, 5.41) is 3.05. The smallest absolute Gasteiger partial charge is 0.307 e. The summed E-state index contributed by atoms with van der Waals surface area (Å²) in [7, 11) is 0. The number of nitrogens with one attached hydrogen (secondary N) is 1. The largest absolute Gasteiger partial charge is 0.466 e. The molecule has 0 amide bonds. The van der Waals surface area contributed by atoms with E-state index in [4.69, 9.17) is 4.74 Å². The number of carbonyl (C=O) groups is 1. The zero-order valence-corrected chi connectivity index (χ0v) is 9.33. The Kier molecular flexibility index (Phi) is 5.50. The molecular weight excluding hydrogens is 209 g/mol. The Hall–Kier alpha value is -1.42. The van der Waals surface area contributed by atoms with Crippen molar-refractivity contribution in [3.63, 3.8) is 0 Å².